The van der Waals surface area contributed by atoms with Crippen molar-refractivity contribution in [3.05, 3.63) is 11.8 Å². The van der Waals surface area contributed by atoms with Gasteiger partial charge in [-0.1, -0.05) is 0 Å². The quantitative estimate of drug-likeness (QED) is 0.681. The van der Waals surface area contributed by atoms with E-state index in [0.717, 1.165) is 13.0 Å². The zero-order chi connectivity index (χ0) is 11.5. The van der Waals surface area contributed by atoms with Crippen molar-refractivity contribution in [2.45, 2.75) is 19.4 Å². The van der Waals surface area contributed by atoms with Gasteiger partial charge in [-0.25, -0.2) is 0 Å². The number of nitrogens with zero attached hydrogens (tertiary/aromatic N) is 1. The summed E-state index contributed by atoms with van der Waals surface area (Å²) in [6, 6.07) is 0.0873. The van der Waals surface area contributed by atoms with Crippen LogP contribution < -0.4 is 11.1 Å². The van der Waals surface area contributed by atoms with Crippen LogP contribution in [0.2, 0.25) is 0 Å². The van der Waals surface area contributed by atoms with Crippen molar-refractivity contribution in [1.82, 2.24) is 15.5 Å². The summed E-state index contributed by atoms with van der Waals surface area (Å²) in [5, 5.41) is 9.15. The molecule has 88 valence electrons. The molecule has 1 aliphatic heterocycles. The maximum absolute atomic E-state index is 11.8. The van der Waals surface area contributed by atoms with E-state index >= 15 is 0 Å². The summed E-state index contributed by atoms with van der Waals surface area (Å²) in [4.78, 5) is 11.8. The third-order valence-electron chi connectivity index (χ3n) is 2.94. The summed E-state index contributed by atoms with van der Waals surface area (Å²) in [5.74, 6) is 0.495. The molecular formula is C10H16N4O2. The van der Waals surface area contributed by atoms with Crippen LogP contribution in [0.5, 0.6) is 0 Å². The van der Waals surface area contributed by atoms with Gasteiger partial charge in [-0.3, -0.25) is 9.89 Å². The van der Waals surface area contributed by atoms with Crippen molar-refractivity contribution >= 4 is 11.7 Å². The molecule has 0 spiro atoms. The van der Waals surface area contributed by atoms with Gasteiger partial charge in [-0.05, 0) is 13.3 Å². The predicted molar refractivity (Wildman–Crippen MR) is 58.9 cm³/mol. The zero-order valence-electron chi connectivity index (χ0n) is 9.19. The molecule has 0 aromatic carbocycles. The molecule has 0 saturated carbocycles. The third kappa shape index (κ3) is 2.16. The summed E-state index contributed by atoms with van der Waals surface area (Å²) in [6.07, 6.45) is 2.42. The lowest BCUT2D eigenvalue weighted by atomic mass is 10.0. The fraction of sp³-hybridized carbons (Fsp3) is 0.600. The van der Waals surface area contributed by atoms with Gasteiger partial charge in [0.25, 0.3) is 5.91 Å². The lowest BCUT2D eigenvalue weighted by Gasteiger charge is -2.18. The van der Waals surface area contributed by atoms with Crippen molar-refractivity contribution in [2.24, 2.45) is 5.92 Å². The summed E-state index contributed by atoms with van der Waals surface area (Å²) in [6.45, 7) is 3.47. The van der Waals surface area contributed by atoms with E-state index in [1.807, 2.05) is 6.92 Å². The molecule has 6 nitrogen and oxygen atoms in total. The molecule has 0 bridgehead atoms. The Morgan fingerprint density at radius 2 is 2.62 bits per heavy atom. The number of H-pyrrole nitrogens is 1. The lowest BCUT2D eigenvalue weighted by Crippen LogP contribution is -2.38. The van der Waals surface area contributed by atoms with Crippen LogP contribution in [0.3, 0.4) is 0 Å². The minimum Gasteiger partial charge on any atom is -0.383 e. The van der Waals surface area contributed by atoms with Gasteiger partial charge in [0, 0.05) is 18.6 Å². The second-order valence-corrected chi connectivity index (χ2v) is 4.08. The van der Waals surface area contributed by atoms with Crippen LogP contribution in [-0.4, -0.2) is 35.4 Å². The van der Waals surface area contributed by atoms with Crippen molar-refractivity contribution in [1.29, 1.82) is 0 Å². The van der Waals surface area contributed by atoms with Crippen LogP contribution >= 0.6 is 0 Å². The molecule has 1 saturated heterocycles. The number of amides is 1. The van der Waals surface area contributed by atoms with Crippen LogP contribution in [0.15, 0.2) is 6.20 Å². The number of carbonyl (C=O) groups excluding carboxylic acids is 1. The first-order chi connectivity index (χ1) is 7.68. The van der Waals surface area contributed by atoms with Gasteiger partial charge in [0.15, 0.2) is 0 Å². The highest BCUT2D eigenvalue weighted by Gasteiger charge is 2.24. The smallest absolute Gasteiger partial charge is 0.256 e. The van der Waals surface area contributed by atoms with E-state index in [2.05, 4.69) is 15.5 Å². The van der Waals surface area contributed by atoms with Gasteiger partial charge in [-0.15, -0.1) is 0 Å². The van der Waals surface area contributed by atoms with Gasteiger partial charge >= 0.3 is 0 Å². The number of nitrogen functional groups attached to an aromatic ring is 1. The highest BCUT2D eigenvalue weighted by molar-refractivity contribution is 5.98. The first-order valence-electron chi connectivity index (χ1n) is 5.36. The number of aromatic nitrogens is 2. The number of anilines is 1. The molecule has 16 heavy (non-hydrogen) atoms. The Hall–Kier alpha value is -1.56. The Morgan fingerprint density at radius 3 is 3.19 bits per heavy atom. The number of aromatic amines is 1. The van der Waals surface area contributed by atoms with Gasteiger partial charge in [0.1, 0.15) is 11.4 Å². The first-order valence-corrected chi connectivity index (χ1v) is 5.36. The largest absolute Gasteiger partial charge is 0.383 e. The molecule has 2 heterocycles. The average Bonchev–Trinajstić information content (AvgIpc) is 2.86. The molecule has 6 heteroatoms. The van der Waals surface area contributed by atoms with Gasteiger partial charge in [-0.2, -0.15) is 5.10 Å². The summed E-state index contributed by atoms with van der Waals surface area (Å²) < 4.78 is 5.28. The summed E-state index contributed by atoms with van der Waals surface area (Å²) in [7, 11) is 0. The molecule has 1 aromatic rings. The van der Waals surface area contributed by atoms with Crippen LogP contribution in [0.25, 0.3) is 0 Å². The first kappa shape index (κ1) is 10.9. The number of ether oxygens (including phenoxy) is 1. The molecule has 2 atom stereocenters. The molecular weight excluding hydrogens is 208 g/mol. The van der Waals surface area contributed by atoms with E-state index < -0.39 is 0 Å². The molecule has 0 aliphatic carbocycles. The maximum atomic E-state index is 11.8. The van der Waals surface area contributed by atoms with Crippen LogP contribution in [0, 0.1) is 5.92 Å². The Morgan fingerprint density at radius 1 is 1.81 bits per heavy atom. The van der Waals surface area contributed by atoms with Crippen LogP contribution in [-0.2, 0) is 4.74 Å². The van der Waals surface area contributed by atoms with Crippen molar-refractivity contribution in [3.8, 4) is 0 Å². The Balaban J connectivity index is 1.94. The SMILES string of the molecule is CC(NC(=O)c1cn[nH]c1N)C1CCOC1. The molecule has 2 rings (SSSR count). The molecule has 1 aromatic heterocycles. The zero-order valence-corrected chi connectivity index (χ0v) is 9.19. The molecule has 0 radical (unpaired) electrons. The third-order valence-corrected chi connectivity index (χ3v) is 2.94. The predicted octanol–water partition coefficient (Wildman–Crippen LogP) is 0.147. The number of hydrogen-bond acceptors (Lipinski definition) is 4. The number of carbonyl (C=O) groups is 1. The van der Waals surface area contributed by atoms with Crippen molar-refractivity contribution < 1.29 is 9.53 Å². The highest BCUT2D eigenvalue weighted by atomic mass is 16.5. The normalized spacial score (nSPS) is 21.9. The van der Waals surface area contributed by atoms with E-state index in [9.17, 15) is 4.79 Å². The topological polar surface area (TPSA) is 93.0 Å². The Bertz CT molecular complexity index is 371. The summed E-state index contributed by atoms with van der Waals surface area (Å²) >= 11 is 0. The van der Waals surface area contributed by atoms with E-state index in [1.165, 1.54) is 6.20 Å². The van der Waals surface area contributed by atoms with Crippen molar-refractivity contribution in [3.63, 3.8) is 0 Å². The highest BCUT2D eigenvalue weighted by Crippen LogP contribution is 2.17. The average molecular weight is 224 g/mol. The van der Waals surface area contributed by atoms with Gasteiger partial charge in [0.2, 0.25) is 0 Å². The minimum atomic E-state index is -0.189. The van der Waals surface area contributed by atoms with E-state index in [0.29, 0.717) is 23.9 Å². The van der Waals surface area contributed by atoms with E-state index in [4.69, 9.17) is 10.5 Å². The number of hydrogen-bond donors (Lipinski definition) is 3. The number of nitrogens with two attached hydrogens (primary N) is 1. The van der Waals surface area contributed by atoms with E-state index in [1.54, 1.807) is 0 Å². The minimum absolute atomic E-state index is 0.0873. The summed E-state index contributed by atoms with van der Waals surface area (Å²) in [5.41, 5.74) is 5.96. The number of nitrogens with one attached hydrogen (secondary N) is 2. The molecule has 1 fully saturated rings. The Kier molecular flexibility index (Phi) is 3.09. The van der Waals surface area contributed by atoms with Gasteiger partial charge < -0.3 is 15.8 Å². The number of rotatable bonds is 3. The standard InChI is InChI=1S/C10H16N4O2/c1-6(7-2-3-16-5-7)13-10(15)8-4-12-14-9(8)11/h4,6-7H,2-3,5H2,1H3,(H,13,15)(H3,11,12,14). The fourth-order valence-electron chi connectivity index (χ4n) is 1.83. The fourth-order valence-corrected chi connectivity index (χ4v) is 1.83. The monoisotopic (exact) mass is 224 g/mol. The second-order valence-electron chi connectivity index (χ2n) is 4.08. The lowest BCUT2D eigenvalue weighted by molar-refractivity contribution is 0.0923. The van der Waals surface area contributed by atoms with Crippen molar-refractivity contribution in [2.75, 3.05) is 18.9 Å². The maximum Gasteiger partial charge on any atom is 0.256 e. The molecule has 1 amide bonds. The van der Waals surface area contributed by atoms with Crippen LogP contribution in [0.1, 0.15) is 23.7 Å². The van der Waals surface area contributed by atoms with Crippen LogP contribution in [0.4, 0.5) is 5.82 Å². The molecule has 1 aliphatic rings. The molecule has 2 unspecified atom stereocenters. The molecule has 4 N–H and O–H groups in total. The van der Waals surface area contributed by atoms with Gasteiger partial charge in [0.05, 0.1) is 12.8 Å². The Labute approximate surface area is 93.5 Å². The second kappa shape index (κ2) is 4.52. The van der Waals surface area contributed by atoms with E-state index in [-0.39, 0.29) is 11.9 Å².